The van der Waals surface area contributed by atoms with Crippen LogP contribution < -0.4 is 5.32 Å². The lowest BCUT2D eigenvalue weighted by molar-refractivity contribution is -0.126. The summed E-state index contributed by atoms with van der Waals surface area (Å²) >= 11 is 0. The van der Waals surface area contributed by atoms with Gasteiger partial charge in [0.25, 0.3) is 0 Å². The highest BCUT2D eigenvalue weighted by Crippen LogP contribution is 2.24. The van der Waals surface area contributed by atoms with Crippen molar-refractivity contribution in [1.82, 2.24) is 14.9 Å². The van der Waals surface area contributed by atoms with Gasteiger partial charge in [0.05, 0.1) is 11.0 Å². The molecular formula is C19H27N3O. The Morgan fingerprint density at radius 3 is 2.74 bits per heavy atom. The number of carbonyl (C=O) groups excluding carboxylic acids is 1. The molecule has 1 aromatic heterocycles. The van der Waals surface area contributed by atoms with Gasteiger partial charge in [-0.25, -0.2) is 4.98 Å². The Kier molecular flexibility index (Phi) is 4.69. The zero-order valence-corrected chi connectivity index (χ0v) is 14.4. The van der Waals surface area contributed by atoms with Crippen molar-refractivity contribution in [3.8, 4) is 0 Å². The van der Waals surface area contributed by atoms with Crippen molar-refractivity contribution in [2.75, 3.05) is 0 Å². The monoisotopic (exact) mass is 313 g/mol. The molecule has 4 nitrogen and oxygen atoms in total. The molecule has 1 amide bonds. The van der Waals surface area contributed by atoms with Crippen LogP contribution in [-0.4, -0.2) is 15.5 Å². The molecule has 0 aliphatic heterocycles. The van der Waals surface area contributed by atoms with Crippen molar-refractivity contribution in [2.24, 2.45) is 5.92 Å². The van der Waals surface area contributed by atoms with Crippen LogP contribution in [0.2, 0.25) is 0 Å². The molecular weight excluding hydrogens is 286 g/mol. The van der Waals surface area contributed by atoms with Crippen molar-refractivity contribution >= 4 is 16.9 Å². The zero-order valence-electron chi connectivity index (χ0n) is 14.4. The van der Waals surface area contributed by atoms with E-state index in [2.05, 4.69) is 46.9 Å². The Morgan fingerprint density at radius 2 is 2.04 bits per heavy atom. The topological polar surface area (TPSA) is 46.9 Å². The van der Waals surface area contributed by atoms with E-state index in [-0.39, 0.29) is 11.8 Å². The summed E-state index contributed by atoms with van der Waals surface area (Å²) in [7, 11) is 0. The summed E-state index contributed by atoms with van der Waals surface area (Å²) in [6.45, 7) is 6.99. The van der Waals surface area contributed by atoms with Crippen LogP contribution in [0.4, 0.5) is 0 Å². The molecule has 4 heteroatoms. The highest BCUT2D eigenvalue weighted by molar-refractivity contribution is 5.79. The van der Waals surface area contributed by atoms with Crippen LogP contribution in [-0.2, 0) is 11.3 Å². The standard InChI is InChI=1S/C19H27N3O/c1-13(2)22-14(3)21-17-11-15(9-10-18(17)22)12-20-19(23)16-7-5-4-6-8-16/h9-11,13,16H,4-8,12H2,1-3H3,(H,20,23). The number of aryl methyl sites for hydroxylation is 1. The van der Waals surface area contributed by atoms with Crippen molar-refractivity contribution in [2.45, 2.75) is 65.5 Å². The Labute approximate surface area is 138 Å². The summed E-state index contributed by atoms with van der Waals surface area (Å²) in [4.78, 5) is 16.9. The molecule has 23 heavy (non-hydrogen) atoms. The number of nitrogens with one attached hydrogen (secondary N) is 1. The molecule has 0 radical (unpaired) electrons. The molecule has 1 aliphatic rings. The maximum absolute atomic E-state index is 12.3. The number of nitrogens with zero attached hydrogens (tertiary/aromatic N) is 2. The number of carbonyl (C=O) groups is 1. The highest BCUT2D eigenvalue weighted by Gasteiger charge is 2.20. The van der Waals surface area contributed by atoms with Gasteiger partial charge < -0.3 is 9.88 Å². The van der Waals surface area contributed by atoms with Gasteiger partial charge in [-0.1, -0.05) is 25.3 Å². The van der Waals surface area contributed by atoms with Gasteiger partial charge in [0.1, 0.15) is 5.82 Å². The normalized spacial score (nSPS) is 16.2. The average Bonchev–Trinajstić information content (AvgIpc) is 2.88. The maximum atomic E-state index is 12.3. The second-order valence-corrected chi connectivity index (χ2v) is 7.00. The van der Waals surface area contributed by atoms with Crippen LogP contribution in [0.15, 0.2) is 18.2 Å². The summed E-state index contributed by atoms with van der Waals surface area (Å²) in [6, 6.07) is 6.72. The van der Waals surface area contributed by atoms with Crippen LogP contribution in [0.25, 0.3) is 11.0 Å². The molecule has 2 aromatic rings. The fourth-order valence-electron chi connectivity index (χ4n) is 3.72. The molecule has 0 saturated heterocycles. The van der Waals surface area contributed by atoms with Gasteiger partial charge in [-0.2, -0.15) is 0 Å². The molecule has 1 N–H and O–H groups in total. The van der Waals surface area contributed by atoms with E-state index < -0.39 is 0 Å². The molecule has 0 atom stereocenters. The number of imidazole rings is 1. The minimum Gasteiger partial charge on any atom is -0.352 e. The summed E-state index contributed by atoms with van der Waals surface area (Å²) < 4.78 is 2.25. The first-order valence-electron chi connectivity index (χ1n) is 8.81. The molecule has 0 spiro atoms. The summed E-state index contributed by atoms with van der Waals surface area (Å²) in [6.07, 6.45) is 5.75. The predicted octanol–water partition coefficient (Wildman–Crippen LogP) is 4.12. The lowest BCUT2D eigenvalue weighted by Gasteiger charge is -2.20. The van der Waals surface area contributed by atoms with Gasteiger partial charge >= 0.3 is 0 Å². The van der Waals surface area contributed by atoms with Gasteiger partial charge in [-0.05, 0) is 51.3 Å². The maximum Gasteiger partial charge on any atom is 0.223 e. The smallest absolute Gasteiger partial charge is 0.223 e. The lowest BCUT2D eigenvalue weighted by Crippen LogP contribution is -2.31. The van der Waals surface area contributed by atoms with Crippen LogP contribution in [0.1, 0.15) is 63.4 Å². The number of aromatic nitrogens is 2. The largest absolute Gasteiger partial charge is 0.352 e. The summed E-state index contributed by atoms with van der Waals surface area (Å²) in [5, 5.41) is 3.10. The third-order valence-electron chi connectivity index (χ3n) is 4.89. The quantitative estimate of drug-likeness (QED) is 0.923. The number of rotatable bonds is 4. The molecule has 1 heterocycles. The van der Waals surface area contributed by atoms with Crippen LogP contribution in [0.3, 0.4) is 0 Å². The van der Waals surface area contributed by atoms with E-state index in [0.29, 0.717) is 12.6 Å². The first kappa shape index (κ1) is 16.0. The molecule has 1 aliphatic carbocycles. The number of amides is 1. The first-order valence-corrected chi connectivity index (χ1v) is 8.81. The molecule has 1 saturated carbocycles. The Morgan fingerprint density at radius 1 is 1.30 bits per heavy atom. The fourth-order valence-corrected chi connectivity index (χ4v) is 3.72. The minimum absolute atomic E-state index is 0.216. The first-order chi connectivity index (χ1) is 11.1. The SMILES string of the molecule is Cc1nc2cc(CNC(=O)C3CCCCC3)ccc2n1C(C)C. The second-order valence-electron chi connectivity index (χ2n) is 7.00. The van der Waals surface area contributed by atoms with Gasteiger partial charge in [-0.15, -0.1) is 0 Å². The number of fused-ring (bicyclic) bond motifs is 1. The summed E-state index contributed by atoms with van der Waals surface area (Å²) in [5.74, 6) is 1.47. The molecule has 0 bridgehead atoms. The van der Waals surface area contributed by atoms with Crippen LogP contribution >= 0.6 is 0 Å². The number of hydrogen-bond acceptors (Lipinski definition) is 2. The van der Waals surface area contributed by atoms with Crippen molar-refractivity contribution in [1.29, 1.82) is 0 Å². The van der Waals surface area contributed by atoms with Crippen LogP contribution in [0, 0.1) is 12.8 Å². The predicted molar refractivity (Wildman–Crippen MR) is 93.3 cm³/mol. The average molecular weight is 313 g/mol. The van der Waals surface area contributed by atoms with Crippen molar-refractivity contribution < 1.29 is 4.79 Å². The van der Waals surface area contributed by atoms with Gasteiger partial charge in [0.15, 0.2) is 0 Å². The summed E-state index contributed by atoms with van der Waals surface area (Å²) in [5.41, 5.74) is 3.30. The molecule has 0 unspecified atom stereocenters. The Bertz CT molecular complexity index is 696. The van der Waals surface area contributed by atoms with Crippen molar-refractivity contribution in [3.63, 3.8) is 0 Å². The van der Waals surface area contributed by atoms with Gasteiger partial charge in [0.2, 0.25) is 5.91 Å². The minimum atomic E-state index is 0.216. The molecule has 3 rings (SSSR count). The van der Waals surface area contributed by atoms with E-state index in [1.165, 1.54) is 24.8 Å². The molecule has 1 fully saturated rings. The lowest BCUT2D eigenvalue weighted by atomic mass is 9.88. The van der Waals surface area contributed by atoms with E-state index >= 15 is 0 Å². The van der Waals surface area contributed by atoms with E-state index in [0.717, 1.165) is 29.7 Å². The number of hydrogen-bond donors (Lipinski definition) is 1. The second kappa shape index (κ2) is 6.73. The van der Waals surface area contributed by atoms with Gasteiger partial charge in [0, 0.05) is 18.5 Å². The number of benzene rings is 1. The Hall–Kier alpha value is -1.84. The Balaban J connectivity index is 1.70. The molecule has 1 aromatic carbocycles. The van der Waals surface area contributed by atoms with Crippen molar-refractivity contribution in [3.05, 3.63) is 29.6 Å². The third kappa shape index (κ3) is 3.41. The van der Waals surface area contributed by atoms with E-state index in [1.54, 1.807) is 0 Å². The highest BCUT2D eigenvalue weighted by atomic mass is 16.1. The van der Waals surface area contributed by atoms with E-state index in [9.17, 15) is 4.79 Å². The molecule has 124 valence electrons. The van der Waals surface area contributed by atoms with Gasteiger partial charge in [-0.3, -0.25) is 4.79 Å². The third-order valence-corrected chi connectivity index (χ3v) is 4.89. The fraction of sp³-hybridized carbons (Fsp3) is 0.579. The van der Waals surface area contributed by atoms with E-state index in [4.69, 9.17) is 0 Å². The van der Waals surface area contributed by atoms with E-state index in [1.807, 2.05) is 6.92 Å². The zero-order chi connectivity index (χ0) is 16.4. The van der Waals surface area contributed by atoms with Crippen LogP contribution in [0.5, 0.6) is 0 Å².